The first-order chi connectivity index (χ1) is 11.8. The molecule has 0 spiro atoms. The van der Waals surface area contributed by atoms with E-state index in [2.05, 4.69) is 25.8 Å². The Labute approximate surface area is 160 Å². The van der Waals surface area contributed by atoms with E-state index in [1.54, 1.807) is 13.0 Å². The molecular weight excluding hydrogens is 424 g/mol. The molecule has 1 aliphatic heterocycles. The van der Waals surface area contributed by atoms with Crippen molar-refractivity contribution in [2.75, 3.05) is 10.5 Å². The van der Waals surface area contributed by atoms with E-state index in [1.807, 2.05) is 36.6 Å². The SMILES string of the molecule is Cc1ccc(CCC2(S(=O)(=O)Nc3onc(C)c3Br)C=CSC2)cc1. The lowest BCUT2D eigenvalue weighted by Crippen LogP contribution is -2.42. The van der Waals surface area contributed by atoms with Crippen LogP contribution in [0.2, 0.25) is 0 Å². The average Bonchev–Trinajstić information content (AvgIpc) is 3.18. The van der Waals surface area contributed by atoms with Crippen LogP contribution in [0.5, 0.6) is 0 Å². The first-order valence-electron chi connectivity index (χ1n) is 7.82. The van der Waals surface area contributed by atoms with Gasteiger partial charge in [0.1, 0.15) is 9.22 Å². The molecule has 134 valence electrons. The molecule has 1 aromatic heterocycles. The highest BCUT2D eigenvalue weighted by Crippen LogP contribution is 2.38. The molecule has 3 rings (SSSR count). The molecule has 1 unspecified atom stereocenters. The Hall–Kier alpha value is -1.25. The molecule has 0 fully saturated rings. The highest BCUT2D eigenvalue weighted by atomic mass is 79.9. The van der Waals surface area contributed by atoms with E-state index >= 15 is 0 Å². The predicted octanol–water partition coefficient (Wildman–Crippen LogP) is 4.43. The fourth-order valence-corrected chi connectivity index (χ4v) is 6.09. The van der Waals surface area contributed by atoms with Crippen LogP contribution < -0.4 is 4.72 Å². The lowest BCUT2D eigenvalue weighted by Gasteiger charge is -2.26. The Morgan fingerprint density at radius 2 is 2.04 bits per heavy atom. The van der Waals surface area contributed by atoms with Crippen LogP contribution in [0.15, 0.2) is 44.7 Å². The summed E-state index contributed by atoms with van der Waals surface area (Å²) < 4.78 is 33.4. The minimum atomic E-state index is -3.68. The molecule has 8 heteroatoms. The van der Waals surface area contributed by atoms with Crippen LogP contribution in [0.1, 0.15) is 23.2 Å². The van der Waals surface area contributed by atoms with Gasteiger partial charge in [0.2, 0.25) is 10.0 Å². The average molecular weight is 443 g/mol. The lowest BCUT2D eigenvalue weighted by molar-refractivity contribution is 0.429. The van der Waals surface area contributed by atoms with Crippen LogP contribution in [0.4, 0.5) is 5.88 Å². The molecule has 0 radical (unpaired) electrons. The van der Waals surface area contributed by atoms with Gasteiger partial charge in [-0.05, 0) is 53.6 Å². The highest BCUT2D eigenvalue weighted by Gasteiger charge is 2.44. The predicted molar refractivity (Wildman–Crippen MR) is 105 cm³/mol. The van der Waals surface area contributed by atoms with E-state index < -0.39 is 14.8 Å². The Morgan fingerprint density at radius 3 is 2.60 bits per heavy atom. The number of aromatic nitrogens is 1. The standard InChI is InChI=1S/C17H19BrN2O3S2/c1-12-3-5-14(6-4-12)7-8-17(9-10-24-11-17)25(21,22)20-16-15(18)13(2)19-23-16/h3-6,9-10,20H,7-8,11H2,1-2H3. The number of benzene rings is 1. The molecule has 1 aromatic carbocycles. The maximum Gasteiger partial charge on any atom is 0.252 e. The molecule has 2 heterocycles. The van der Waals surface area contributed by atoms with Crippen molar-refractivity contribution in [3.63, 3.8) is 0 Å². The fraction of sp³-hybridized carbons (Fsp3) is 0.353. The molecule has 1 aliphatic rings. The number of nitrogens with one attached hydrogen (secondary N) is 1. The van der Waals surface area contributed by atoms with Crippen molar-refractivity contribution in [1.29, 1.82) is 0 Å². The smallest absolute Gasteiger partial charge is 0.252 e. The third kappa shape index (κ3) is 3.80. The van der Waals surface area contributed by atoms with Crippen molar-refractivity contribution < 1.29 is 12.9 Å². The summed E-state index contributed by atoms with van der Waals surface area (Å²) in [5.74, 6) is 0.608. The number of hydrogen-bond donors (Lipinski definition) is 1. The summed E-state index contributed by atoms with van der Waals surface area (Å²) in [5.41, 5.74) is 2.92. The van der Waals surface area contributed by atoms with E-state index in [-0.39, 0.29) is 5.88 Å². The summed E-state index contributed by atoms with van der Waals surface area (Å²) in [7, 11) is -3.68. The van der Waals surface area contributed by atoms with Crippen LogP contribution in [0.25, 0.3) is 0 Å². The molecule has 25 heavy (non-hydrogen) atoms. The van der Waals surface area contributed by atoms with E-state index in [9.17, 15) is 8.42 Å². The van der Waals surface area contributed by atoms with Gasteiger partial charge >= 0.3 is 0 Å². The highest BCUT2D eigenvalue weighted by molar-refractivity contribution is 9.10. The van der Waals surface area contributed by atoms with Gasteiger partial charge in [0.25, 0.3) is 5.88 Å². The van der Waals surface area contributed by atoms with Crippen molar-refractivity contribution in [3.8, 4) is 0 Å². The van der Waals surface area contributed by atoms with Gasteiger partial charge < -0.3 is 4.52 Å². The number of thioether (sulfide) groups is 1. The summed E-state index contributed by atoms with van der Waals surface area (Å²) in [4.78, 5) is 0. The molecule has 0 amide bonds. The van der Waals surface area contributed by atoms with Crippen LogP contribution in [0, 0.1) is 13.8 Å². The summed E-state index contributed by atoms with van der Waals surface area (Å²) in [6.07, 6.45) is 2.97. The van der Waals surface area contributed by atoms with Crippen LogP contribution in [-0.4, -0.2) is 24.1 Å². The molecule has 0 saturated carbocycles. The van der Waals surface area contributed by atoms with Gasteiger partial charge in [0, 0.05) is 5.75 Å². The second-order valence-corrected chi connectivity index (χ2v) is 9.89. The summed E-state index contributed by atoms with van der Waals surface area (Å²) >= 11 is 4.81. The van der Waals surface area contributed by atoms with E-state index in [0.717, 1.165) is 5.56 Å². The Morgan fingerprint density at radius 1 is 1.32 bits per heavy atom. The monoisotopic (exact) mass is 442 g/mol. The van der Waals surface area contributed by atoms with Gasteiger partial charge in [-0.3, -0.25) is 0 Å². The van der Waals surface area contributed by atoms with E-state index in [1.165, 1.54) is 17.3 Å². The number of rotatable bonds is 6. The zero-order valence-electron chi connectivity index (χ0n) is 14.0. The molecule has 2 aromatic rings. The van der Waals surface area contributed by atoms with Gasteiger partial charge in [-0.15, -0.1) is 11.8 Å². The van der Waals surface area contributed by atoms with E-state index in [0.29, 0.717) is 28.8 Å². The molecule has 1 atom stereocenters. The molecule has 0 saturated heterocycles. The Kier molecular flexibility index (Phi) is 5.31. The zero-order valence-corrected chi connectivity index (χ0v) is 17.2. The number of anilines is 1. The third-order valence-electron chi connectivity index (χ3n) is 4.31. The lowest BCUT2D eigenvalue weighted by atomic mass is 10.00. The minimum absolute atomic E-state index is 0.123. The van der Waals surface area contributed by atoms with Crippen LogP contribution >= 0.6 is 27.7 Å². The van der Waals surface area contributed by atoms with Gasteiger partial charge in [-0.1, -0.05) is 41.1 Å². The number of nitrogens with zero attached hydrogens (tertiary/aromatic N) is 1. The second kappa shape index (κ2) is 7.17. The zero-order chi connectivity index (χ0) is 18.1. The first-order valence-corrected chi connectivity index (χ1v) is 11.1. The van der Waals surface area contributed by atoms with Crippen LogP contribution in [0.3, 0.4) is 0 Å². The van der Waals surface area contributed by atoms with Crippen molar-refractivity contribution in [2.24, 2.45) is 0 Å². The van der Waals surface area contributed by atoms with Crippen molar-refractivity contribution in [2.45, 2.75) is 31.4 Å². The first kappa shape index (κ1) is 18.5. The van der Waals surface area contributed by atoms with Gasteiger partial charge in [0.15, 0.2) is 0 Å². The number of halogens is 1. The summed E-state index contributed by atoms with van der Waals surface area (Å²) in [6, 6.07) is 8.18. The van der Waals surface area contributed by atoms with Crippen molar-refractivity contribution in [1.82, 2.24) is 5.16 Å². The topological polar surface area (TPSA) is 72.2 Å². The van der Waals surface area contributed by atoms with Crippen molar-refractivity contribution >= 4 is 43.6 Å². The largest absolute Gasteiger partial charge is 0.336 e. The molecular formula is C17H19BrN2O3S2. The second-order valence-electron chi connectivity index (χ2n) is 6.18. The fourth-order valence-electron chi connectivity index (χ4n) is 2.62. The van der Waals surface area contributed by atoms with Gasteiger partial charge in [-0.2, -0.15) is 0 Å². The normalized spacial score (nSPS) is 20.1. The van der Waals surface area contributed by atoms with E-state index in [4.69, 9.17) is 4.52 Å². The quantitative estimate of drug-likeness (QED) is 0.715. The summed E-state index contributed by atoms with van der Waals surface area (Å²) in [5, 5.41) is 5.64. The Bertz CT molecular complexity index is 891. The number of hydrogen-bond acceptors (Lipinski definition) is 5. The third-order valence-corrected chi connectivity index (χ3v) is 8.44. The minimum Gasteiger partial charge on any atom is -0.336 e. The number of sulfonamides is 1. The Balaban J connectivity index is 1.82. The molecule has 0 aliphatic carbocycles. The van der Waals surface area contributed by atoms with Gasteiger partial charge in [-0.25, -0.2) is 13.1 Å². The van der Waals surface area contributed by atoms with Crippen molar-refractivity contribution in [3.05, 3.63) is 57.0 Å². The maximum atomic E-state index is 13.1. The molecule has 5 nitrogen and oxygen atoms in total. The summed E-state index contributed by atoms with van der Waals surface area (Å²) in [6.45, 7) is 3.77. The van der Waals surface area contributed by atoms with Crippen LogP contribution in [-0.2, 0) is 16.4 Å². The molecule has 1 N–H and O–H groups in total. The maximum absolute atomic E-state index is 13.1. The number of aryl methyl sites for hydroxylation is 3. The molecule has 0 bridgehead atoms. The van der Waals surface area contributed by atoms with Gasteiger partial charge in [0.05, 0.1) is 5.69 Å².